The van der Waals surface area contributed by atoms with Gasteiger partial charge in [-0.15, -0.1) is 0 Å². The Morgan fingerprint density at radius 1 is 1.45 bits per heavy atom. The lowest BCUT2D eigenvalue weighted by molar-refractivity contribution is 0.0521. The van der Waals surface area contributed by atoms with Gasteiger partial charge in [0, 0.05) is 31.4 Å². The van der Waals surface area contributed by atoms with Crippen molar-refractivity contribution in [2.45, 2.75) is 38.8 Å². The number of nitrogens with one attached hydrogen (secondary N) is 1. The van der Waals surface area contributed by atoms with E-state index < -0.39 is 5.60 Å². The molecule has 1 aromatic carbocycles. The normalized spacial score (nSPS) is 23.3. The van der Waals surface area contributed by atoms with Gasteiger partial charge in [0.25, 0.3) is 0 Å². The number of fused-ring (bicyclic) bond motifs is 1. The van der Waals surface area contributed by atoms with E-state index in [1.54, 1.807) is 10.9 Å². The van der Waals surface area contributed by atoms with Gasteiger partial charge in [-0.2, -0.15) is 5.10 Å². The molecule has 4 nitrogen and oxygen atoms in total. The molecule has 0 fully saturated rings. The molecule has 3 atom stereocenters. The van der Waals surface area contributed by atoms with Crippen LogP contribution in [-0.4, -0.2) is 21.4 Å². The average molecular weight is 299 g/mol. The van der Waals surface area contributed by atoms with Gasteiger partial charge in [0.1, 0.15) is 5.60 Å². The van der Waals surface area contributed by atoms with Gasteiger partial charge in [-0.3, -0.25) is 4.68 Å². The first-order chi connectivity index (χ1) is 10.4. The molecule has 118 valence electrons. The van der Waals surface area contributed by atoms with Crippen molar-refractivity contribution in [2.24, 2.45) is 13.0 Å². The molecule has 0 amide bonds. The maximum atomic E-state index is 10.7. The predicted molar refractivity (Wildman–Crippen MR) is 87.6 cm³/mol. The molecule has 22 heavy (non-hydrogen) atoms. The van der Waals surface area contributed by atoms with Crippen LogP contribution >= 0.6 is 0 Å². The van der Waals surface area contributed by atoms with E-state index in [9.17, 15) is 5.11 Å². The van der Waals surface area contributed by atoms with Crippen LogP contribution in [0.15, 0.2) is 30.6 Å². The largest absolute Gasteiger partial charge is 0.384 e. The van der Waals surface area contributed by atoms with Gasteiger partial charge in [-0.1, -0.05) is 30.7 Å². The van der Waals surface area contributed by atoms with Crippen LogP contribution < -0.4 is 5.32 Å². The van der Waals surface area contributed by atoms with Crippen LogP contribution in [0.4, 0.5) is 0 Å². The van der Waals surface area contributed by atoms with Gasteiger partial charge >= 0.3 is 0 Å². The summed E-state index contributed by atoms with van der Waals surface area (Å²) in [5.74, 6) is 0.543. The number of nitrogens with zero attached hydrogens (tertiary/aromatic N) is 2. The first kappa shape index (κ1) is 15.3. The van der Waals surface area contributed by atoms with E-state index >= 15 is 0 Å². The SMILES string of the molecule is Cc1ccc2c(c1)C(NCC(C)(O)c1cnn(C)c1)C(C)C2. The molecule has 0 radical (unpaired) electrons. The molecule has 3 unspecified atom stereocenters. The van der Waals surface area contributed by atoms with Gasteiger partial charge in [0.05, 0.1) is 6.20 Å². The quantitative estimate of drug-likeness (QED) is 0.912. The molecule has 1 aromatic heterocycles. The number of hydrogen-bond donors (Lipinski definition) is 2. The lowest BCUT2D eigenvalue weighted by Gasteiger charge is -2.27. The summed E-state index contributed by atoms with van der Waals surface area (Å²) in [6, 6.07) is 7.00. The number of aromatic nitrogens is 2. The van der Waals surface area contributed by atoms with Crippen LogP contribution in [-0.2, 0) is 19.1 Å². The number of rotatable bonds is 4. The van der Waals surface area contributed by atoms with Crippen LogP contribution in [0.25, 0.3) is 0 Å². The summed E-state index contributed by atoms with van der Waals surface area (Å²) in [7, 11) is 1.87. The number of hydrogen-bond acceptors (Lipinski definition) is 3. The second-order valence-electron chi connectivity index (χ2n) is 6.92. The Morgan fingerprint density at radius 2 is 2.23 bits per heavy atom. The van der Waals surface area contributed by atoms with E-state index in [-0.39, 0.29) is 0 Å². The van der Waals surface area contributed by atoms with Crippen molar-refractivity contribution in [3.05, 3.63) is 52.8 Å². The van der Waals surface area contributed by atoms with Crippen LogP contribution in [0.2, 0.25) is 0 Å². The summed E-state index contributed by atoms with van der Waals surface area (Å²) < 4.78 is 1.72. The van der Waals surface area contributed by atoms with Gasteiger partial charge in [0.2, 0.25) is 0 Å². The van der Waals surface area contributed by atoms with Crippen LogP contribution in [0.1, 0.15) is 42.1 Å². The van der Waals surface area contributed by atoms with Gasteiger partial charge in [-0.25, -0.2) is 0 Å². The minimum atomic E-state index is -0.916. The van der Waals surface area contributed by atoms with Crippen molar-refractivity contribution in [2.75, 3.05) is 6.54 Å². The first-order valence-corrected chi connectivity index (χ1v) is 7.91. The van der Waals surface area contributed by atoms with Gasteiger partial charge < -0.3 is 10.4 Å². The highest BCUT2D eigenvalue weighted by Gasteiger charge is 2.32. The zero-order chi connectivity index (χ0) is 15.9. The maximum absolute atomic E-state index is 10.7. The Hall–Kier alpha value is -1.65. The van der Waals surface area contributed by atoms with Crippen LogP contribution in [0, 0.1) is 12.8 Å². The Labute approximate surface area is 132 Å². The van der Waals surface area contributed by atoms with Crippen LogP contribution in [0.5, 0.6) is 0 Å². The minimum Gasteiger partial charge on any atom is -0.384 e. The number of aryl methyl sites for hydroxylation is 2. The monoisotopic (exact) mass is 299 g/mol. The molecule has 0 saturated carbocycles. The van der Waals surface area contributed by atoms with Crippen LogP contribution in [0.3, 0.4) is 0 Å². The molecule has 2 aromatic rings. The van der Waals surface area contributed by atoms with E-state index in [1.165, 1.54) is 16.7 Å². The van der Waals surface area contributed by atoms with Crippen molar-refractivity contribution < 1.29 is 5.11 Å². The zero-order valence-electron chi connectivity index (χ0n) is 13.8. The third kappa shape index (κ3) is 2.81. The summed E-state index contributed by atoms with van der Waals surface area (Å²) in [5, 5.41) is 18.5. The maximum Gasteiger partial charge on any atom is 0.102 e. The molecular weight excluding hydrogens is 274 g/mol. The van der Waals surface area contributed by atoms with E-state index in [0.717, 1.165) is 12.0 Å². The molecular formula is C18H25N3O. The zero-order valence-corrected chi connectivity index (χ0v) is 13.8. The number of aliphatic hydroxyl groups is 1. The molecule has 1 aliphatic rings. The smallest absolute Gasteiger partial charge is 0.102 e. The summed E-state index contributed by atoms with van der Waals surface area (Å²) in [4.78, 5) is 0. The third-order valence-electron chi connectivity index (χ3n) is 4.74. The topological polar surface area (TPSA) is 50.1 Å². The molecule has 0 bridgehead atoms. The summed E-state index contributed by atoms with van der Waals surface area (Å²) in [6.07, 6.45) is 4.71. The van der Waals surface area contributed by atoms with E-state index in [2.05, 4.69) is 42.5 Å². The molecule has 3 rings (SSSR count). The molecule has 0 spiro atoms. The highest BCUT2D eigenvalue weighted by Crippen LogP contribution is 2.36. The third-order valence-corrected chi connectivity index (χ3v) is 4.74. The summed E-state index contributed by atoms with van der Waals surface area (Å²) >= 11 is 0. The van der Waals surface area contributed by atoms with E-state index in [4.69, 9.17) is 0 Å². The second-order valence-corrected chi connectivity index (χ2v) is 6.92. The number of benzene rings is 1. The fraction of sp³-hybridized carbons (Fsp3) is 0.500. The Balaban J connectivity index is 1.75. The molecule has 4 heteroatoms. The minimum absolute atomic E-state index is 0.304. The van der Waals surface area contributed by atoms with Crippen molar-refractivity contribution in [1.82, 2.24) is 15.1 Å². The Bertz CT molecular complexity index is 675. The molecule has 1 heterocycles. The van der Waals surface area contributed by atoms with E-state index in [0.29, 0.717) is 18.5 Å². The van der Waals surface area contributed by atoms with Crippen molar-refractivity contribution in [1.29, 1.82) is 0 Å². The molecule has 0 aliphatic heterocycles. The first-order valence-electron chi connectivity index (χ1n) is 7.91. The second kappa shape index (κ2) is 5.52. The lowest BCUT2D eigenvalue weighted by atomic mass is 9.96. The predicted octanol–water partition coefficient (Wildman–Crippen LogP) is 2.46. The summed E-state index contributed by atoms with van der Waals surface area (Å²) in [5.41, 5.74) is 4.03. The fourth-order valence-corrected chi connectivity index (χ4v) is 3.38. The lowest BCUT2D eigenvalue weighted by Crippen LogP contribution is -2.38. The Morgan fingerprint density at radius 3 is 2.91 bits per heavy atom. The van der Waals surface area contributed by atoms with Crippen molar-refractivity contribution >= 4 is 0 Å². The highest BCUT2D eigenvalue weighted by molar-refractivity contribution is 5.38. The molecule has 0 saturated heterocycles. The fourth-order valence-electron chi connectivity index (χ4n) is 3.38. The highest BCUT2D eigenvalue weighted by atomic mass is 16.3. The molecule has 1 aliphatic carbocycles. The van der Waals surface area contributed by atoms with Gasteiger partial charge in [-0.05, 0) is 37.3 Å². The standard InChI is InChI=1S/C18H25N3O/c1-12-5-6-14-8-13(2)17(16(14)7-12)19-11-18(3,22)15-9-20-21(4)10-15/h5-7,9-10,13,17,19,22H,8,11H2,1-4H3. The molecule has 2 N–H and O–H groups in total. The Kier molecular flexibility index (Phi) is 3.83. The summed E-state index contributed by atoms with van der Waals surface area (Å²) in [6.45, 7) is 6.76. The van der Waals surface area contributed by atoms with Crippen molar-refractivity contribution in [3.63, 3.8) is 0 Å². The average Bonchev–Trinajstić information content (AvgIpc) is 3.00. The van der Waals surface area contributed by atoms with E-state index in [1.807, 2.05) is 20.2 Å². The van der Waals surface area contributed by atoms with Crippen molar-refractivity contribution in [3.8, 4) is 0 Å². The van der Waals surface area contributed by atoms with Gasteiger partial charge in [0.15, 0.2) is 0 Å².